The first-order chi connectivity index (χ1) is 13.6. The van der Waals surface area contributed by atoms with Gasteiger partial charge in [0.05, 0.1) is 11.7 Å². The number of nitrogens with one attached hydrogen (secondary N) is 1. The number of pyridine rings is 1. The standard InChI is InChI=1S/C20H23ClN4O3/c1-14(20(26)23-16-3-2-6-22-19(16)21)25-9-7-24(8-10-25)12-15-4-5-17-18(11-15)28-13-27-17/h2-6,11,14H,7-10,12-13H2,1H3,(H,23,26)/t14-/m0/s1. The molecule has 7 nitrogen and oxygen atoms in total. The first kappa shape index (κ1) is 19.0. The Morgan fingerprint density at radius 1 is 1.21 bits per heavy atom. The van der Waals surface area contributed by atoms with Crippen LogP contribution in [0.1, 0.15) is 12.5 Å². The molecule has 0 saturated carbocycles. The van der Waals surface area contributed by atoms with Gasteiger partial charge in [0.15, 0.2) is 16.7 Å². The lowest BCUT2D eigenvalue weighted by atomic mass is 10.1. The van der Waals surface area contributed by atoms with Crippen LogP contribution in [-0.2, 0) is 11.3 Å². The minimum Gasteiger partial charge on any atom is -0.454 e. The van der Waals surface area contributed by atoms with Gasteiger partial charge in [-0.05, 0) is 36.8 Å². The Labute approximate surface area is 169 Å². The number of amides is 1. The highest BCUT2D eigenvalue weighted by Crippen LogP contribution is 2.32. The summed E-state index contributed by atoms with van der Waals surface area (Å²) in [7, 11) is 0. The highest BCUT2D eigenvalue weighted by molar-refractivity contribution is 6.32. The molecule has 3 heterocycles. The average molecular weight is 403 g/mol. The number of benzene rings is 1. The molecule has 8 heteroatoms. The third-order valence-corrected chi connectivity index (χ3v) is 5.50. The third kappa shape index (κ3) is 4.22. The fourth-order valence-corrected chi connectivity index (χ4v) is 3.66. The number of hydrogen-bond donors (Lipinski definition) is 1. The van der Waals surface area contributed by atoms with Crippen molar-refractivity contribution in [2.24, 2.45) is 0 Å². The summed E-state index contributed by atoms with van der Waals surface area (Å²) in [5.74, 6) is 1.55. The predicted molar refractivity (Wildman–Crippen MR) is 107 cm³/mol. The molecule has 28 heavy (non-hydrogen) atoms. The Morgan fingerprint density at radius 2 is 2.00 bits per heavy atom. The number of carbonyl (C=O) groups is 1. The summed E-state index contributed by atoms with van der Waals surface area (Å²) in [5.41, 5.74) is 1.75. The van der Waals surface area contributed by atoms with Gasteiger partial charge in [0, 0.05) is 38.9 Å². The van der Waals surface area contributed by atoms with Gasteiger partial charge in [0.2, 0.25) is 12.7 Å². The van der Waals surface area contributed by atoms with Gasteiger partial charge >= 0.3 is 0 Å². The van der Waals surface area contributed by atoms with Gasteiger partial charge in [-0.15, -0.1) is 0 Å². The number of aromatic nitrogens is 1. The van der Waals surface area contributed by atoms with E-state index in [4.69, 9.17) is 21.1 Å². The molecule has 2 aliphatic rings. The van der Waals surface area contributed by atoms with Crippen LogP contribution in [0.25, 0.3) is 0 Å². The van der Waals surface area contributed by atoms with Crippen LogP contribution < -0.4 is 14.8 Å². The van der Waals surface area contributed by atoms with E-state index < -0.39 is 0 Å². The molecular formula is C20H23ClN4O3. The van der Waals surface area contributed by atoms with Crippen LogP contribution in [0.4, 0.5) is 5.69 Å². The van der Waals surface area contributed by atoms with E-state index in [1.54, 1.807) is 18.3 Å². The largest absolute Gasteiger partial charge is 0.454 e. The van der Waals surface area contributed by atoms with Crippen molar-refractivity contribution in [1.82, 2.24) is 14.8 Å². The van der Waals surface area contributed by atoms with Crippen LogP contribution in [0.2, 0.25) is 5.15 Å². The predicted octanol–water partition coefficient (Wildman–Crippen LogP) is 2.61. The van der Waals surface area contributed by atoms with Crippen molar-refractivity contribution in [2.45, 2.75) is 19.5 Å². The highest BCUT2D eigenvalue weighted by Gasteiger charge is 2.26. The number of carbonyl (C=O) groups excluding carboxylic acids is 1. The van der Waals surface area contributed by atoms with Gasteiger partial charge in [0.25, 0.3) is 0 Å². The Hall–Kier alpha value is -2.35. The molecule has 1 amide bonds. The van der Waals surface area contributed by atoms with Crippen LogP contribution >= 0.6 is 11.6 Å². The van der Waals surface area contributed by atoms with Crippen molar-refractivity contribution < 1.29 is 14.3 Å². The number of fused-ring (bicyclic) bond motifs is 1. The van der Waals surface area contributed by atoms with E-state index in [2.05, 4.69) is 26.2 Å². The van der Waals surface area contributed by atoms with E-state index in [-0.39, 0.29) is 11.9 Å². The third-order valence-electron chi connectivity index (χ3n) is 5.19. The monoisotopic (exact) mass is 402 g/mol. The van der Waals surface area contributed by atoms with Crippen LogP contribution in [0.15, 0.2) is 36.5 Å². The normalized spacial score (nSPS) is 18.1. The lowest BCUT2D eigenvalue weighted by Gasteiger charge is -2.37. The van der Waals surface area contributed by atoms with E-state index >= 15 is 0 Å². The molecule has 1 saturated heterocycles. The Morgan fingerprint density at radius 3 is 2.79 bits per heavy atom. The minimum atomic E-state index is -0.232. The molecule has 148 valence electrons. The topological polar surface area (TPSA) is 66.9 Å². The molecule has 1 aromatic heterocycles. The molecule has 0 bridgehead atoms. The van der Waals surface area contributed by atoms with Crippen molar-refractivity contribution in [1.29, 1.82) is 0 Å². The molecule has 0 spiro atoms. The zero-order chi connectivity index (χ0) is 19.5. The summed E-state index contributed by atoms with van der Waals surface area (Å²) in [5, 5.41) is 3.17. The summed E-state index contributed by atoms with van der Waals surface area (Å²) in [6, 6.07) is 9.36. The molecule has 0 aliphatic carbocycles. The lowest BCUT2D eigenvalue weighted by Crippen LogP contribution is -2.52. The Kier molecular flexibility index (Phi) is 5.66. The maximum absolute atomic E-state index is 12.6. The maximum atomic E-state index is 12.6. The van der Waals surface area contributed by atoms with Gasteiger partial charge < -0.3 is 14.8 Å². The summed E-state index contributed by atoms with van der Waals surface area (Å²) >= 11 is 6.03. The number of nitrogens with zero attached hydrogens (tertiary/aromatic N) is 3. The van der Waals surface area contributed by atoms with Crippen LogP contribution in [0, 0.1) is 0 Å². The molecule has 0 unspecified atom stereocenters. The highest BCUT2D eigenvalue weighted by atomic mass is 35.5. The summed E-state index contributed by atoms with van der Waals surface area (Å²) in [4.78, 5) is 21.1. The van der Waals surface area contributed by atoms with E-state index in [1.165, 1.54) is 5.56 Å². The minimum absolute atomic E-state index is 0.0703. The van der Waals surface area contributed by atoms with Crippen LogP contribution in [0.3, 0.4) is 0 Å². The Bertz CT molecular complexity index is 855. The number of hydrogen-bond acceptors (Lipinski definition) is 6. The first-order valence-electron chi connectivity index (χ1n) is 9.36. The number of ether oxygens (including phenoxy) is 2. The molecule has 2 aromatic rings. The molecular weight excluding hydrogens is 380 g/mol. The molecule has 1 fully saturated rings. The fourth-order valence-electron chi connectivity index (χ4n) is 3.49. The molecule has 4 rings (SSSR count). The molecule has 2 aliphatic heterocycles. The van der Waals surface area contributed by atoms with Crippen molar-refractivity contribution in [3.05, 3.63) is 47.2 Å². The zero-order valence-electron chi connectivity index (χ0n) is 15.7. The SMILES string of the molecule is C[C@@H](C(=O)Nc1cccnc1Cl)N1CCN(Cc2ccc3c(c2)OCO3)CC1. The van der Waals surface area contributed by atoms with E-state index in [0.29, 0.717) is 17.6 Å². The molecule has 1 N–H and O–H groups in total. The smallest absolute Gasteiger partial charge is 0.241 e. The summed E-state index contributed by atoms with van der Waals surface area (Å²) < 4.78 is 10.8. The second-order valence-electron chi connectivity index (χ2n) is 7.01. The zero-order valence-corrected chi connectivity index (χ0v) is 16.5. The summed E-state index contributed by atoms with van der Waals surface area (Å²) in [6.07, 6.45) is 1.60. The van der Waals surface area contributed by atoms with E-state index in [1.807, 2.05) is 19.1 Å². The first-order valence-corrected chi connectivity index (χ1v) is 9.74. The number of piperazine rings is 1. The maximum Gasteiger partial charge on any atom is 0.241 e. The molecule has 0 radical (unpaired) electrons. The van der Waals surface area contributed by atoms with Gasteiger partial charge in [-0.3, -0.25) is 14.6 Å². The van der Waals surface area contributed by atoms with Gasteiger partial charge in [-0.1, -0.05) is 17.7 Å². The van der Waals surface area contributed by atoms with Gasteiger partial charge in [-0.2, -0.15) is 0 Å². The number of rotatable bonds is 5. The van der Waals surface area contributed by atoms with Crippen molar-refractivity contribution in [3.8, 4) is 11.5 Å². The van der Waals surface area contributed by atoms with E-state index in [0.717, 1.165) is 44.2 Å². The number of halogens is 1. The van der Waals surface area contributed by atoms with E-state index in [9.17, 15) is 4.79 Å². The average Bonchev–Trinajstić information content (AvgIpc) is 3.17. The van der Waals surface area contributed by atoms with Crippen molar-refractivity contribution >= 4 is 23.2 Å². The lowest BCUT2D eigenvalue weighted by molar-refractivity contribution is -0.121. The summed E-state index contributed by atoms with van der Waals surface area (Å²) in [6.45, 7) is 6.55. The van der Waals surface area contributed by atoms with Crippen molar-refractivity contribution in [2.75, 3.05) is 38.3 Å². The van der Waals surface area contributed by atoms with Gasteiger partial charge in [0.1, 0.15) is 0 Å². The number of anilines is 1. The fraction of sp³-hybridized carbons (Fsp3) is 0.400. The molecule has 1 aromatic carbocycles. The van der Waals surface area contributed by atoms with Crippen LogP contribution in [-0.4, -0.2) is 59.7 Å². The van der Waals surface area contributed by atoms with Gasteiger partial charge in [-0.25, -0.2) is 4.98 Å². The van der Waals surface area contributed by atoms with Crippen molar-refractivity contribution in [3.63, 3.8) is 0 Å². The molecule has 1 atom stereocenters. The van der Waals surface area contributed by atoms with Crippen LogP contribution in [0.5, 0.6) is 11.5 Å². The quantitative estimate of drug-likeness (QED) is 0.775. The second-order valence-corrected chi connectivity index (χ2v) is 7.36. The second kappa shape index (κ2) is 8.34. The Balaban J connectivity index is 1.28.